The lowest BCUT2D eigenvalue weighted by molar-refractivity contribution is -0.144. The van der Waals surface area contributed by atoms with Crippen molar-refractivity contribution in [2.75, 3.05) is 6.61 Å². The van der Waals surface area contributed by atoms with Gasteiger partial charge in [0.15, 0.2) is 6.10 Å². The fourth-order valence-electron chi connectivity index (χ4n) is 2.35. The number of ether oxygens (including phenoxy) is 1. The summed E-state index contributed by atoms with van der Waals surface area (Å²) in [6.45, 7) is 0.258. The summed E-state index contributed by atoms with van der Waals surface area (Å²) in [4.78, 5) is 11.2. The highest BCUT2D eigenvalue weighted by atomic mass is 16.6. The maximum absolute atomic E-state index is 11.2. The molecule has 3 rings (SSSR count). The van der Waals surface area contributed by atoms with Crippen molar-refractivity contribution < 1.29 is 14.6 Å². The number of rotatable bonds is 1. The quantitative estimate of drug-likeness (QED) is 0.757. The maximum Gasteiger partial charge on any atom is 0.335 e. The van der Waals surface area contributed by atoms with E-state index >= 15 is 0 Å². The smallest absolute Gasteiger partial charge is 0.335 e. The zero-order chi connectivity index (χ0) is 11.8. The van der Waals surface area contributed by atoms with Gasteiger partial charge in [-0.05, 0) is 16.3 Å². The third-order valence-electron chi connectivity index (χ3n) is 3.25. The summed E-state index contributed by atoms with van der Waals surface area (Å²) < 4.78 is 4.89. The maximum atomic E-state index is 11.2. The fraction of sp³-hybridized carbons (Fsp3) is 0.214. The molecule has 0 amide bonds. The molecule has 2 aromatic carbocycles. The number of benzene rings is 2. The minimum Gasteiger partial charge on any atom is -0.463 e. The summed E-state index contributed by atoms with van der Waals surface area (Å²) in [5.74, 6) is -0.781. The number of fused-ring (bicyclic) bond motifs is 1. The van der Waals surface area contributed by atoms with Gasteiger partial charge < -0.3 is 9.84 Å². The van der Waals surface area contributed by atoms with Gasteiger partial charge in [-0.2, -0.15) is 0 Å². The molecule has 0 aliphatic carbocycles. The minimum atomic E-state index is -1.04. The first-order valence-electron chi connectivity index (χ1n) is 5.60. The van der Waals surface area contributed by atoms with E-state index in [4.69, 9.17) is 4.74 Å². The predicted octanol–water partition coefficient (Wildman–Crippen LogP) is 1.84. The largest absolute Gasteiger partial charge is 0.463 e. The highest BCUT2D eigenvalue weighted by Crippen LogP contribution is 2.31. The molecule has 17 heavy (non-hydrogen) atoms. The molecule has 1 saturated heterocycles. The van der Waals surface area contributed by atoms with E-state index in [9.17, 15) is 9.90 Å². The van der Waals surface area contributed by atoms with Crippen LogP contribution in [0.2, 0.25) is 0 Å². The average Bonchev–Trinajstić information content (AvgIpc) is 2.69. The van der Waals surface area contributed by atoms with E-state index in [0.29, 0.717) is 0 Å². The summed E-state index contributed by atoms with van der Waals surface area (Å²) in [5.41, 5.74) is 0.974. The average molecular weight is 228 g/mol. The van der Waals surface area contributed by atoms with Gasteiger partial charge in [-0.15, -0.1) is 0 Å². The molecular formula is C14H12O3. The van der Waals surface area contributed by atoms with E-state index in [1.807, 2.05) is 42.5 Å². The van der Waals surface area contributed by atoms with Crippen LogP contribution in [-0.2, 0) is 9.53 Å². The fourth-order valence-corrected chi connectivity index (χ4v) is 2.35. The standard InChI is InChI=1S/C14H12O3/c15-13-12(8-17-14(13)16)11-7-3-5-9-4-1-2-6-10(9)11/h1-7,12-13,15H,8H2. The highest BCUT2D eigenvalue weighted by Gasteiger charge is 2.36. The molecule has 1 fully saturated rings. The molecule has 1 heterocycles. The zero-order valence-electron chi connectivity index (χ0n) is 9.17. The number of aliphatic hydroxyl groups excluding tert-OH is 1. The van der Waals surface area contributed by atoms with E-state index in [1.165, 1.54) is 0 Å². The van der Waals surface area contributed by atoms with Crippen molar-refractivity contribution in [2.45, 2.75) is 12.0 Å². The van der Waals surface area contributed by atoms with Gasteiger partial charge >= 0.3 is 5.97 Å². The van der Waals surface area contributed by atoms with Crippen molar-refractivity contribution in [3.8, 4) is 0 Å². The Morgan fingerprint density at radius 3 is 2.65 bits per heavy atom. The molecule has 3 heteroatoms. The third-order valence-corrected chi connectivity index (χ3v) is 3.25. The van der Waals surface area contributed by atoms with E-state index in [2.05, 4.69) is 0 Å². The van der Waals surface area contributed by atoms with Crippen LogP contribution in [0.5, 0.6) is 0 Å². The van der Waals surface area contributed by atoms with Gasteiger partial charge in [-0.1, -0.05) is 42.5 Å². The van der Waals surface area contributed by atoms with Gasteiger partial charge in [0.25, 0.3) is 0 Å². The Labute approximate surface area is 98.6 Å². The van der Waals surface area contributed by atoms with Crippen LogP contribution in [0.1, 0.15) is 11.5 Å². The number of aliphatic hydroxyl groups is 1. The van der Waals surface area contributed by atoms with Crippen molar-refractivity contribution in [2.24, 2.45) is 0 Å². The van der Waals surface area contributed by atoms with Crippen LogP contribution in [0.25, 0.3) is 10.8 Å². The van der Waals surface area contributed by atoms with Crippen molar-refractivity contribution in [1.82, 2.24) is 0 Å². The molecule has 2 aromatic rings. The van der Waals surface area contributed by atoms with Gasteiger partial charge in [0.05, 0.1) is 5.92 Å². The molecule has 2 atom stereocenters. The van der Waals surface area contributed by atoms with Gasteiger partial charge in [0.1, 0.15) is 6.61 Å². The highest BCUT2D eigenvalue weighted by molar-refractivity contribution is 5.88. The molecule has 1 N–H and O–H groups in total. The van der Waals surface area contributed by atoms with Gasteiger partial charge in [0, 0.05) is 0 Å². The Morgan fingerprint density at radius 1 is 1.12 bits per heavy atom. The van der Waals surface area contributed by atoms with Crippen LogP contribution >= 0.6 is 0 Å². The van der Waals surface area contributed by atoms with E-state index in [-0.39, 0.29) is 12.5 Å². The lowest BCUT2D eigenvalue weighted by Crippen LogP contribution is -2.20. The molecule has 0 radical (unpaired) electrons. The summed E-state index contributed by atoms with van der Waals surface area (Å²) in [5, 5.41) is 12.0. The van der Waals surface area contributed by atoms with Crippen LogP contribution in [0, 0.1) is 0 Å². The van der Waals surface area contributed by atoms with E-state index in [1.54, 1.807) is 0 Å². The van der Waals surface area contributed by atoms with Gasteiger partial charge in [0.2, 0.25) is 0 Å². The molecule has 86 valence electrons. The first-order valence-corrected chi connectivity index (χ1v) is 5.60. The van der Waals surface area contributed by atoms with Crippen molar-refractivity contribution in [1.29, 1.82) is 0 Å². The monoisotopic (exact) mass is 228 g/mol. The molecule has 1 aliphatic heterocycles. The van der Waals surface area contributed by atoms with E-state index in [0.717, 1.165) is 16.3 Å². The van der Waals surface area contributed by atoms with Crippen molar-refractivity contribution in [3.63, 3.8) is 0 Å². The molecule has 3 nitrogen and oxygen atoms in total. The second-order valence-electron chi connectivity index (χ2n) is 4.25. The molecule has 1 aliphatic rings. The number of hydrogen-bond donors (Lipinski definition) is 1. The lowest BCUT2D eigenvalue weighted by atomic mass is 9.91. The topological polar surface area (TPSA) is 46.5 Å². The first-order chi connectivity index (χ1) is 8.27. The molecule has 0 saturated carbocycles. The normalized spacial score (nSPS) is 23.9. The Hall–Kier alpha value is -1.87. The summed E-state index contributed by atoms with van der Waals surface area (Å²) >= 11 is 0. The van der Waals surface area contributed by atoms with Crippen LogP contribution in [-0.4, -0.2) is 23.8 Å². The summed E-state index contributed by atoms with van der Waals surface area (Å²) in [7, 11) is 0. The van der Waals surface area contributed by atoms with Crippen LogP contribution < -0.4 is 0 Å². The number of carbonyl (C=O) groups is 1. The van der Waals surface area contributed by atoms with E-state index < -0.39 is 12.1 Å². The Balaban J connectivity index is 2.15. The van der Waals surface area contributed by atoms with Gasteiger partial charge in [-0.25, -0.2) is 4.79 Å². The van der Waals surface area contributed by atoms with Crippen LogP contribution in [0.4, 0.5) is 0 Å². The second kappa shape index (κ2) is 3.86. The molecular weight excluding hydrogens is 216 g/mol. The van der Waals surface area contributed by atoms with Gasteiger partial charge in [-0.3, -0.25) is 0 Å². The first kappa shape index (κ1) is 10.3. The predicted molar refractivity (Wildman–Crippen MR) is 63.7 cm³/mol. The number of esters is 1. The Kier molecular flexibility index (Phi) is 2.34. The molecule has 2 unspecified atom stereocenters. The zero-order valence-corrected chi connectivity index (χ0v) is 9.17. The molecule has 0 aromatic heterocycles. The summed E-state index contributed by atoms with van der Waals surface area (Å²) in [6.07, 6.45) is -1.04. The van der Waals surface area contributed by atoms with Crippen molar-refractivity contribution >= 4 is 16.7 Å². The lowest BCUT2D eigenvalue weighted by Gasteiger charge is -2.13. The Bertz CT molecular complexity index is 571. The summed E-state index contributed by atoms with van der Waals surface area (Å²) in [6, 6.07) is 13.8. The molecule has 0 bridgehead atoms. The van der Waals surface area contributed by atoms with Crippen molar-refractivity contribution in [3.05, 3.63) is 48.0 Å². The number of hydrogen-bond acceptors (Lipinski definition) is 3. The SMILES string of the molecule is O=C1OCC(c2cccc3ccccc23)C1O. The number of carbonyl (C=O) groups excluding carboxylic acids is 1. The minimum absolute atomic E-state index is 0.256. The number of cyclic esters (lactones) is 1. The Morgan fingerprint density at radius 2 is 1.88 bits per heavy atom. The third kappa shape index (κ3) is 1.59. The van der Waals surface area contributed by atoms with Crippen LogP contribution in [0.3, 0.4) is 0 Å². The van der Waals surface area contributed by atoms with Crippen LogP contribution in [0.15, 0.2) is 42.5 Å². The second-order valence-corrected chi connectivity index (χ2v) is 4.25. The molecule has 0 spiro atoms.